The third-order valence-electron chi connectivity index (χ3n) is 16.6. The van der Waals surface area contributed by atoms with E-state index in [1.807, 2.05) is 11.8 Å². The summed E-state index contributed by atoms with van der Waals surface area (Å²) in [5.74, 6) is 0. The molecule has 350 valence electrons. The summed E-state index contributed by atoms with van der Waals surface area (Å²) in [5.41, 5.74) is 21.9. The maximum atomic E-state index is 6.73. The van der Waals surface area contributed by atoms with Gasteiger partial charge in [0.1, 0.15) is 11.2 Å². The summed E-state index contributed by atoms with van der Waals surface area (Å²) in [6.45, 7) is 0. The lowest BCUT2D eigenvalue weighted by molar-refractivity contribution is 0.672. The Hall–Kier alpha value is -9.15. The Balaban J connectivity index is 0.900. The monoisotopic (exact) mass is 971 g/mol. The molecule has 2 aliphatic carbocycles. The fraction of sp³-hybridized carbons (Fsp3) is 0.0278. The Morgan fingerprint density at radius 3 is 1.63 bits per heavy atom. The first-order chi connectivity index (χ1) is 37.2. The minimum Gasteiger partial charge on any atom is -0.455 e. The van der Waals surface area contributed by atoms with E-state index in [-0.39, 0.29) is 0 Å². The first kappa shape index (κ1) is 42.4. The van der Waals surface area contributed by atoms with Crippen LogP contribution in [0.1, 0.15) is 44.5 Å². The fourth-order valence-corrected chi connectivity index (χ4v) is 14.8. The molecule has 0 radical (unpaired) electrons. The SMILES string of the molecule is c1ccc(C2(c3ccccc3)c3ccccc3-c3c(N(c4ccc(-c5ccc6c(c5)-c5ccccc5C65c6ccccc6Sc6ccccc65)cc4)c4ccc5ccc6c7ccccc7oc6c5c4)cccc32)cc1. The highest BCUT2D eigenvalue weighted by molar-refractivity contribution is 7.99. The molecular weight excluding hydrogens is 927 g/mol. The quantitative estimate of drug-likeness (QED) is 0.165. The molecule has 75 heavy (non-hydrogen) atoms. The van der Waals surface area contributed by atoms with Gasteiger partial charge in [-0.05, 0) is 138 Å². The molecule has 0 atom stereocenters. The van der Waals surface area contributed by atoms with Gasteiger partial charge in [-0.1, -0.05) is 224 Å². The molecule has 2 nitrogen and oxygen atoms in total. The lowest BCUT2D eigenvalue weighted by atomic mass is 9.67. The molecule has 16 rings (SSSR count). The number of anilines is 3. The van der Waals surface area contributed by atoms with Crippen LogP contribution in [0.25, 0.3) is 66.1 Å². The second-order valence-electron chi connectivity index (χ2n) is 20.2. The standard InChI is InChI=1S/C72H45NOS/c1-3-18-49(19-4-1)71(50-20-5-2-6-21-50)60-26-11-8-24-56(60)69-64(71)29-17-30-65(69)73(52-41-36-47-37-42-55-54-23-9-14-31-66(54)74-70(55)57(47)45-52)51-39-34-46(35-40-51)48-38-43-61-58(44-48)53-22-7-10-25-59(53)72(61)62-27-12-15-32-67(62)75-68-33-16-13-28-63(68)72/h1-45H. The maximum absolute atomic E-state index is 6.73. The first-order valence-corrected chi connectivity index (χ1v) is 26.7. The molecule has 0 N–H and O–H groups in total. The summed E-state index contributed by atoms with van der Waals surface area (Å²) in [5, 5.41) is 4.46. The third-order valence-corrected chi connectivity index (χ3v) is 17.8. The van der Waals surface area contributed by atoms with Crippen LogP contribution in [0.15, 0.2) is 287 Å². The third kappa shape index (κ3) is 5.87. The molecular formula is C72H45NOS. The van der Waals surface area contributed by atoms with Crippen LogP contribution < -0.4 is 4.90 Å². The molecule has 0 unspecified atom stereocenters. The van der Waals surface area contributed by atoms with Gasteiger partial charge < -0.3 is 9.32 Å². The van der Waals surface area contributed by atoms with Crippen LogP contribution in [0.3, 0.4) is 0 Å². The normalized spacial score (nSPS) is 14.0. The first-order valence-electron chi connectivity index (χ1n) is 25.9. The van der Waals surface area contributed by atoms with Crippen molar-refractivity contribution in [1.29, 1.82) is 0 Å². The van der Waals surface area contributed by atoms with Crippen molar-refractivity contribution in [3.05, 3.63) is 317 Å². The van der Waals surface area contributed by atoms with Gasteiger partial charge in [0.15, 0.2) is 0 Å². The molecule has 1 spiro atoms. The summed E-state index contributed by atoms with van der Waals surface area (Å²) < 4.78 is 6.73. The molecule has 0 saturated heterocycles. The van der Waals surface area contributed by atoms with Gasteiger partial charge in [-0.2, -0.15) is 0 Å². The summed E-state index contributed by atoms with van der Waals surface area (Å²) in [4.78, 5) is 5.11. The van der Waals surface area contributed by atoms with Crippen LogP contribution in [-0.4, -0.2) is 0 Å². The number of hydrogen-bond donors (Lipinski definition) is 0. The minimum atomic E-state index is -0.546. The molecule has 13 aromatic rings. The predicted octanol–water partition coefficient (Wildman–Crippen LogP) is 19.1. The van der Waals surface area contributed by atoms with E-state index < -0.39 is 10.8 Å². The van der Waals surface area contributed by atoms with Crippen molar-refractivity contribution >= 4 is 61.5 Å². The van der Waals surface area contributed by atoms with Gasteiger partial charge in [-0.25, -0.2) is 0 Å². The van der Waals surface area contributed by atoms with Crippen molar-refractivity contribution in [3.63, 3.8) is 0 Å². The van der Waals surface area contributed by atoms with E-state index in [1.165, 1.54) is 87.7 Å². The van der Waals surface area contributed by atoms with Gasteiger partial charge >= 0.3 is 0 Å². The molecule has 12 aromatic carbocycles. The van der Waals surface area contributed by atoms with Gasteiger partial charge in [0.25, 0.3) is 0 Å². The molecule has 2 heterocycles. The number of fused-ring (bicyclic) bond motifs is 17. The van der Waals surface area contributed by atoms with Gasteiger partial charge in [-0.15, -0.1) is 0 Å². The van der Waals surface area contributed by atoms with Crippen LogP contribution in [0.5, 0.6) is 0 Å². The molecule has 1 aliphatic heterocycles. The smallest absolute Gasteiger partial charge is 0.143 e. The van der Waals surface area contributed by atoms with Gasteiger partial charge in [0, 0.05) is 42.9 Å². The van der Waals surface area contributed by atoms with Crippen molar-refractivity contribution in [2.45, 2.75) is 20.6 Å². The van der Waals surface area contributed by atoms with E-state index >= 15 is 0 Å². The average Bonchev–Trinajstić information content (AvgIpc) is 4.25. The fourth-order valence-electron chi connectivity index (χ4n) is 13.6. The highest BCUT2D eigenvalue weighted by atomic mass is 32.2. The van der Waals surface area contributed by atoms with Crippen molar-refractivity contribution in [3.8, 4) is 33.4 Å². The number of benzene rings is 12. The highest BCUT2D eigenvalue weighted by Crippen LogP contribution is 2.63. The Morgan fingerprint density at radius 1 is 0.333 bits per heavy atom. The molecule has 0 amide bonds. The van der Waals surface area contributed by atoms with E-state index in [1.54, 1.807) is 0 Å². The molecule has 0 saturated carbocycles. The van der Waals surface area contributed by atoms with Gasteiger partial charge in [-0.3, -0.25) is 0 Å². The van der Waals surface area contributed by atoms with Crippen LogP contribution in [0.2, 0.25) is 0 Å². The molecule has 3 heteroatoms. The topological polar surface area (TPSA) is 16.4 Å². The minimum absolute atomic E-state index is 0.409. The van der Waals surface area contributed by atoms with Crippen molar-refractivity contribution < 1.29 is 4.42 Å². The van der Waals surface area contributed by atoms with Gasteiger partial charge in [0.2, 0.25) is 0 Å². The summed E-state index contributed by atoms with van der Waals surface area (Å²) in [6, 6.07) is 101. The second-order valence-corrected chi connectivity index (χ2v) is 21.3. The van der Waals surface area contributed by atoms with Crippen molar-refractivity contribution in [2.75, 3.05) is 4.90 Å². The molecule has 0 fully saturated rings. The summed E-state index contributed by atoms with van der Waals surface area (Å²) in [6.07, 6.45) is 0. The number of furan rings is 1. The Kier molecular flexibility index (Phi) is 9.14. The molecule has 1 aromatic heterocycles. The van der Waals surface area contributed by atoms with Crippen LogP contribution >= 0.6 is 11.8 Å². The average molecular weight is 972 g/mol. The van der Waals surface area contributed by atoms with E-state index in [2.05, 4.69) is 278 Å². The largest absolute Gasteiger partial charge is 0.455 e. The van der Waals surface area contributed by atoms with Crippen molar-refractivity contribution in [1.82, 2.24) is 0 Å². The van der Waals surface area contributed by atoms with E-state index in [0.29, 0.717) is 0 Å². The number of rotatable bonds is 6. The van der Waals surface area contributed by atoms with Crippen LogP contribution in [-0.2, 0) is 10.8 Å². The zero-order valence-corrected chi connectivity index (χ0v) is 41.6. The zero-order valence-electron chi connectivity index (χ0n) is 40.7. The Labute approximate surface area is 439 Å². The Morgan fingerprint density at radius 2 is 0.893 bits per heavy atom. The van der Waals surface area contributed by atoms with E-state index in [0.717, 1.165) is 49.8 Å². The number of para-hydroxylation sites is 1. The van der Waals surface area contributed by atoms with E-state index in [4.69, 9.17) is 4.42 Å². The van der Waals surface area contributed by atoms with E-state index in [9.17, 15) is 0 Å². The summed E-state index contributed by atoms with van der Waals surface area (Å²) in [7, 11) is 0. The molecule has 0 bridgehead atoms. The summed E-state index contributed by atoms with van der Waals surface area (Å²) >= 11 is 1.89. The van der Waals surface area contributed by atoms with Gasteiger partial charge in [0.05, 0.1) is 16.5 Å². The van der Waals surface area contributed by atoms with Crippen LogP contribution in [0.4, 0.5) is 17.1 Å². The zero-order chi connectivity index (χ0) is 49.2. The predicted molar refractivity (Wildman–Crippen MR) is 310 cm³/mol. The Bertz CT molecular complexity index is 4370. The lowest BCUT2D eigenvalue weighted by Gasteiger charge is -2.39. The number of hydrogen-bond acceptors (Lipinski definition) is 3. The number of nitrogens with zero attached hydrogens (tertiary/aromatic N) is 1. The lowest BCUT2D eigenvalue weighted by Crippen LogP contribution is -2.31. The molecule has 3 aliphatic rings. The highest BCUT2D eigenvalue weighted by Gasteiger charge is 2.50. The maximum Gasteiger partial charge on any atom is 0.143 e. The van der Waals surface area contributed by atoms with Crippen molar-refractivity contribution in [2.24, 2.45) is 0 Å². The second kappa shape index (κ2) is 16.2. The van der Waals surface area contributed by atoms with Crippen LogP contribution in [0, 0.1) is 0 Å².